The molecular formula is C14H14Br2N2O2S. The van der Waals surface area contributed by atoms with Gasteiger partial charge in [-0.2, -0.15) is 0 Å². The van der Waals surface area contributed by atoms with Gasteiger partial charge in [0.2, 0.25) is 0 Å². The fourth-order valence-electron chi connectivity index (χ4n) is 1.96. The number of benzene rings is 2. The first-order chi connectivity index (χ1) is 9.70. The largest absolute Gasteiger partial charge is 0.398 e. The fourth-order valence-corrected chi connectivity index (χ4v) is 3.90. The molecule has 2 aromatic rings. The molecule has 0 heterocycles. The molecule has 0 amide bonds. The third-order valence-corrected chi connectivity index (χ3v) is 6.13. The second kappa shape index (κ2) is 5.98. The molecule has 2 rings (SSSR count). The molecule has 112 valence electrons. The number of hydrogen-bond acceptors (Lipinski definition) is 3. The molecule has 3 N–H and O–H groups in total. The average Bonchev–Trinajstić information content (AvgIpc) is 2.38. The molecule has 0 spiro atoms. The molecule has 0 aliphatic rings. The molecule has 21 heavy (non-hydrogen) atoms. The molecule has 0 saturated heterocycles. The van der Waals surface area contributed by atoms with E-state index in [1.807, 2.05) is 13.8 Å². The Hall–Kier alpha value is -1.05. The number of nitrogens with two attached hydrogens (primary N) is 1. The molecule has 7 heteroatoms. The zero-order chi connectivity index (χ0) is 15.8. The quantitative estimate of drug-likeness (QED) is 0.712. The van der Waals surface area contributed by atoms with Crippen molar-refractivity contribution in [1.82, 2.24) is 0 Å². The molecule has 0 saturated carbocycles. The number of sulfonamides is 1. The molecule has 2 aromatic carbocycles. The van der Waals surface area contributed by atoms with E-state index >= 15 is 0 Å². The lowest BCUT2D eigenvalue weighted by atomic mass is 10.1. The normalized spacial score (nSPS) is 11.4. The summed E-state index contributed by atoms with van der Waals surface area (Å²) in [7, 11) is -3.73. The van der Waals surface area contributed by atoms with E-state index in [0.717, 1.165) is 15.6 Å². The van der Waals surface area contributed by atoms with E-state index in [4.69, 9.17) is 5.73 Å². The lowest BCUT2D eigenvalue weighted by Crippen LogP contribution is -2.15. The van der Waals surface area contributed by atoms with Gasteiger partial charge >= 0.3 is 0 Å². The topological polar surface area (TPSA) is 72.2 Å². The van der Waals surface area contributed by atoms with Crippen molar-refractivity contribution in [1.29, 1.82) is 0 Å². The Balaban J connectivity index is 2.45. The number of halogens is 2. The third-order valence-electron chi connectivity index (χ3n) is 2.95. The van der Waals surface area contributed by atoms with Gasteiger partial charge in [0, 0.05) is 14.6 Å². The number of hydrogen-bond donors (Lipinski definition) is 2. The minimum atomic E-state index is -3.73. The van der Waals surface area contributed by atoms with Crippen LogP contribution >= 0.6 is 31.9 Å². The summed E-state index contributed by atoms with van der Waals surface area (Å²) < 4.78 is 29.1. The van der Waals surface area contributed by atoms with E-state index in [2.05, 4.69) is 36.6 Å². The van der Waals surface area contributed by atoms with Gasteiger partial charge in [0.1, 0.15) is 4.90 Å². The molecule has 0 radical (unpaired) electrons. The van der Waals surface area contributed by atoms with Crippen molar-refractivity contribution >= 4 is 53.3 Å². The third kappa shape index (κ3) is 3.59. The van der Waals surface area contributed by atoms with Crippen molar-refractivity contribution in [2.24, 2.45) is 0 Å². The van der Waals surface area contributed by atoms with Crippen molar-refractivity contribution in [2.75, 3.05) is 10.5 Å². The van der Waals surface area contributed by atoms with Crippen molar-refractivity contribution in [3.63, 3.8) is 0 Å². The first-order valence-corrected chi connectivity index (χ1v) is 9.12. The number of anilines is 2. The Morgan fingerprint density at radius 1 is 1.05 bits per heavy atom. The van der Waals surface area contributed by atoms with Crippen molar-refractivity contribution in [2.45, 2.75) is 18.7 Å². The van der Waals surface area contributed by atoms with E-state index < -0.39 is 10.0 Å². The highest BCUT2D eigenvalue weighted by molar-refractivity contribution is 9.10. The molecule has 0 fully saturated rings. The first-order valence-electron chi connectivity index (χ1n) is 6.05. The average molecular weight is 434 g/mol. The summed E-state index contributed by atoms with van der Waals surface area (Å²) in [6.45, 7) is 3.81. The maximum Gasteiger partial charge on any atom is 0.263 e. The maximum atomic E-state index is 12.5. The first kappa shape index (κ1) is 16.3. The van der Waals surface area contributed by atoms with Crippen molar-refractivity contribution in [3.05, 3.63) is 50.4 Å². The van der Waals surface area contributed by atoms with E-state index in [-0.39, 0.29) is 10.6 Å². The lowest BCUT2D eigenvalue weighted by Gasteiger charge is -2.13. The summed E-state index contributed by atoms with van der Waals surface area (Å²) in [6.07, 6.45) is 0. The molecule has 0 unspecified atom stereocenters. The van der Waals surface area contributed by atoms with Gasteiger partial charge in [-0.1, -0.05) is 31.9 Å². The molecule has 4 nitrogen and oxygen atoms in total. The molecule has 0 atom stereocenters. The van der Waals surface area contributed by atoms with Crippen LogP contribution in [0.4, 0.5) is 11.4 Å². The van der Waals surface area contributed by atoms with E-state index in [1.54, 1.807) is 24.3 Å². The number of nitrogens with one attached hydrogen (secondary N) is 1. The summed E-state index contributed by atoms with van der Waals surface area (Å²) in [5.74, 6) is 0. The predicted octanol–water partition coefficient (Wildman–Crippen LogP) is 4.21. The van der Waals surface area contributed by atoms with Gasteiger partial charge < -0.3 is 5.73 Å². The number of nitrogen functional groups attached to an aromatic ring is 1. The van der Waals surface area contributed by atoms with E-state index in [0.29, 0.717) is 10.2 Å². The highest BCUT2D eigenvalue weighted by Gasteiger charge is 2.18. The van der Waals surface area contributed by atoms with E-state index in [1.165, 1.54) is 6.07 Å². The van der Waals surface area contributed by atoms with Crippen LogP contribution in [0, 0.1) is 13.8 Å². The van der Waals surface area contributed by atoms with Crippen LogP contribution in [0.25, 0.3) is 0 Å². The van der Waals surface area contributed by atoms with Crippen LogP contribution in [0.2, 0.25) is 0 Å². The Morgan fingerprint density at radius 2 is 1.62 bits per heavy atom. The summed E-state index contributed by atoms with van der Waals surface area (Å²) in [5.41, 5.74) is 8.38. The van der Waals surface area contributed by atoms with Crippen LogP contribution in [0.5, 0.6) is 0 Å². The summed E-state index contributed by atoms with van der Waals surface area (Å²) >= 11 is 6.71. The smallest absolute Gasteiger partial charge is 0.263 e. The predicted molar refractivity (Wildman–Crippen MR) is 93.0 cm³/mol. The Kier molecular flexibility index (Phi) is 4.65. The molecule has 0 aromatic heterocycles. The number of aryl methyl sites for hydroxylation is 2. The SMILES string of the molecule is Cc1cc(NS(=O)(=O)c2cc(Br)ccc2N)cc(C)c1Br. The second-order valence-electron chi connectivity index (χ2n) is 4.71. The zero-order valence-corrected chi connectivity index (χ0v) is 15.4. The monoisotopic (exact) mass is 432 g/mol. The Labute approximate surface area is 141 Å². The molecule has 0 bridgehead atoms. The van der Waals surface area contributed by atoms with Crippen LogP contribution in [0.1, 0.15) is 11.1 Å². The minimum absolute atomic E-state index is 0.0510. The highest BCUT2D eigenvalue weighted by Crippen LogP contribution is 2.28. The second-order valence-corrected chi connectivity index (χ2v) is 8.07. The lowest BCUT2D eigenvalue weighted by molar-refractivity contribution is 0.601. The van der Waals surface area contributed by atoms with Gasteiger partial charge in [-0.05, 0) is 55.3 Å². The van der Waals surface area contributed by atoms with Crippen molar-refractivity contribution < 1.29 is 8.42 Å². The maximum absolute atomic E-state index is 12.5. The molecular weight excluding hydrogens is 420 g/mol. The fraction of sp³-hybridized carbons (Fsp3) is 0.143. The van der Waals surface area contributed by atoms with Gasteiger partial charge in [-0.3, -0.25) is 4.72 Å². The highest BCUT2D eigenvalue weighted by atomic mass is 79.9. The standard InChI is InChI=1S/C14H14Br2N2O2S/c1-8-5-11(6-9(2)14(8)16)18-21(19,20)13-7-10(15)3-4-12(13)17/h3-7,18H,17H2,1-2H3. The molecule has 0 aliphatic carbocycles. The van der Waals surface area contributed by atoms with Crippen LogP contribution in [-0.4, -0.2) is 8.42 Å². The van der Waals surface area contributed by atoms with Gasteiger partial charge in [0.15, 0.2) is 0 Å². The summed E-state index contributed by atoms with van der Waals surface area (Å²) in [4.78, 5) is 0.0510. The Morgan fingerprint density at radius 3 is 2.19 bits per heavy atom. The van der Waals surface area contributed by atoms with E-state index in [9.17, 15) is 8.42 Å². The Bertz CT molecular complexity index is 782. The zero-order valence-electron chi connectivity index (χ0n) is 11.4. The van der Waals surface area contributed by atoms with Gasteiger partial charge in [0.05, 0.1) is 5.69 Å². The van der Waals surface area contributed by atoms with Crippen LogP contribution < -0.4 is 10.5 Å². The minimum Gasteiger partial charge on any atom is -0.398 e. The van der Waals surface area contributed by atoms with Crippen LogP contribution in [0.15, 0.2) is 44.2 Å². The van der Waals surface area contributed by atoms with Crippen molar-refractivity contribution in [3.8, 4) is 0 Å². The van der Waals surface area contributed by atoms with Crippen LogP contribution in [0.3, 0.4) is 0 Å². The number of rotatable bonds is 3. The summed E-state index contributed by atoms with van der Waals surface area (Å²) in [6, 6.07) is 8.26. The van der Waals surface area contributed by atoms with Crippen LogP contribution in [-0.2, 0) is 10.0 Å². The summed E-state index contributed by atoms with van der Waals surface area (Å²) in [5, 5.41) is 0. The molecule has 0 aliphatic heterocycles. The van der Waals surface area contributed by atoms with Gasteiger partial charge in [0.25, 0.3) is 10.0 Å². The van der Waals surface area contributed by atoms with Gasteiger partial charge in [-0.15, -0.1) is 0 Å². The van der Waals surface area contributed by atoms with Gasteiger partial charge in [-0.25, -0.2) is 8.42 Å².